The van der Waals surface area contributed by atoms with Gasteiger partial charge in [0.1, 0.15) is 23.9 Å². The van der Waals surface area contributed by atoms with Gasteiger partial charge < -0.3 is 24.4 Å². The second-order valence-electron chi connectivity index (χ2n) is 6.84. The lowest BCUT2D eigenvalue weighted by atomic mass is 10.2. The summed E-state index contributed by atoms with van der Waals surface area (Å²) in [7, 11) is 3.30. The van der Waals surface area contributed by atoms with Crippen LogP contribution in [0.3, 0.4) is 0 Å². The van der Waals surface area contributed by atoms with Crippen LogP contribution in [0, 0.1) is 0 Å². The van der Waals surface area contributed by atoms with Crippen LogP contribution in [0.1, 0.15) is 0 Å². The number of hydrogen-bond donors (Lipinski definition) is 1. The van der Waals surface area contributed by atoms with Crippen LogP contribution < -0.4 is 24.4 Å². The van der Waals surface area contributed by atoms with Crippen molar-refractivity contribution in [3.8, 4) is 17.2 Å². The molecule has 0 bridgehead atoms. The molecule has 156 valence electrons. The summed E-state index contributed by atoms with van der Waals surface area (Å²) in [5.41, 5.74) is 1.19. The van der Waals surface area contributed by atoms with Crippen LogP contribution in [-0.4, -0.2) is 70.9 Å². The van der Waals surface area contributed by atoms with E-state index in [1.54, 1.807) is 14.2 Å². The molecule has 29 heavy (non-hydrogen) atoms. The minimum atomic E-state index is 0.0289. The molecule has 0 atom stereocenters. The van der Waals surface area contributed by atoms with Crippen molar-refractivity contribution in [2.24, 2.45) is 0 Å². The fraction of sp³-hybridized carbons (Fsp3) is 0.409. The molecular formula is C22H29N3O4. The lowest BCUT2D eigenvalue weighted by molar-refractivity contribution is -0.122. The van der Waals surface area contributed by atoms with Gasteiger partial charge in [0, 0.05) is 31.9 Å². The molecule has 1 aliphatic rings. The summed E-state index contributed by atoms with van der Waals surface area (Å²) >= 11 is 0. The number of carbonyl (C=O) groups excluding carboxylic acids is 1. The number of nitrogens with zero attached hydrogens (tertiary/aromatic N) is 2. The summed E-state index contributed by atoms with van der Waals surface area (Å²) in [6.07, 6.45) is 0. The van der Waals surface area contributed by atoms with Gasteiger partial charge in [-0.3, -0.25) is 9.69 Å². The van der Waals surface area contributed by atoms with Crippen molar-refractivity contribution in [1.82, 2.24) is 10.2 Å². The van der Waals surface area contributed by atoms with Crippen molar-refractivity contribution in [2.75, 3.05) is 65.0 Å². The molecule has 0 aliphatic carbocycles. The van der Waals surface area contributed by atoms with Crippen molar-refractivity contribution in [2.45, 2.75) is 0 Å². The first-order valence-electron chi connectivity index (χ1n) is 9.83. The number of methoxy groups -OCH3 is 2. The number of amides is 1. The van der Waals surface area contributed by atoms with Gasteiger partial charge in [-0.1, -0.05) is 0 Å². The third-order valence-electron chi connectivity index (χ3n) is 4.93. The fourth-order valence-electron chi connectivity index (χ4n) is 3.25. The van der Waals surface area contributed by atoms with Crippen LogP contribution in [0.15, 0.2) is 48.5 Å². The SMILES string of the molecule is COc1ccc(OCCNC(=O)CN2CCN(c3ccc(OC)cc3)CC2)cc1. The average Bonchev–Trinajstić information content (AvgIpc) is 2.78. The first-order valence-corrected chi connectivity index (χ1v) is 9.83. The van der Waals surface area contributed by atoms with E-state index >= 15 is 0 Å². The Morgan fingerprint density at radius 3 is 2.00 bits per heavy atom. The molecule has 2 aromatic carbocycles. The van der Waals surface area contributed by atoms with E-state index in [-0.39, 0.29) is 5.91 Å². The molecule has 2 aromatic rings. The Kier molecular flexibility index (Phi) is 7.58. The van der Waals surface area contributed by atoms with Crippen LogP contribution >= 0.6 is 0 Å². The molecule has 0 saturated carbocycles. The lowest BCUT2D eigenvalue weighted by Crippen LogP contribution is -2.49. The number of carbonyl (C=O) groups is 1. The van der Waals surface area contributed by atoms with Crippen LogP contribution in [-0.2, 0) is 4.79 Å². The van der Waals surface area contributed by atoms with Gasteiger partial charge in [0.05, 0.1) is 27.3 Å². The predicted octanol–water partition coefficient (Wildman–Crippen LogP) is 2.02. The Hall–Kier alpha value is -2.93. The van der Waals surface area contributed by atoms with Gasteiger partial charge in [-0.15, -0.1) is 0 Å². The maximum Gasteiger partial charge on any atom is 0.234 e. The fourth-order valence-corrected chi connectivity index (χ4v) is 3.25. The second-order valence-corrected chi connectivity index (χ2v) is 6.84. The van der Waals surface area contributed by atoms with Crippen molar-refractivity contribution in [1.29, 1.82) is 0 Å². The van der Waals surface area contributed by atoms with Gasteiger partial charge in [0.2, 0.25) is 5.91 Å². The highest BCUT2D eigenvalue weighted by Crippen LogP contribution is 2.20. The summed E-state index contributed by atoms with van der Waals surface area (Å²) in [6, 6.07) is 15.5. The number of ether oxygens (including phenoxy) is 3. The van der Waals surface area contributed by atoms with E-state index in [0.29, 0.717) is 19.7 Å². The quantitative estimate of drug-likeness (QED) is 0.651. The van der Waals surface area contributed by atoms with Crippen molar-refractivity contribution < 1.29 is 19.0 Å². The third kappa shape index (κ3) is 6.29. The van der Waals surface area contributed by atoms with Crippen LogP contribution in [0.5, 0.6) is 17.2 Å². The zero-order valence-electron chi connectivity index (χ0n) is 17.1. The van der Waals surface area contributed by atoms with Gasteiger partial charge in [0.25, 0.3) is 0 Å². The first-order chi connectivity index (χ1) is 14.2. The molecule has 0 unspecified atom stereocenters. The van der Waals surface area contributed by atoms with Gasteiger partial charge in [-0.2, -0.15) is 0 Å². The molecule has 1 N–H and O–H groups in total. The highest BCUT2D eigenvalue weighted by atomic mass is 16.5. The Morgan fingerprint density at radius 1 is 0.862 bits per heavy atom. The molecule has 0 aromatic heterocycles. The molecule has 1 amide bonds. The molecule has 0 spiro atoms. The largest absolute Gasteiger partial charge is 0.497 e. The second kappa shape index (κ2) is 10.6. The van der Waals surface area contributed by atoms with E-state index in [4.69, 9.17) is 14.2 Å². The normalized spacial score (nSPS) is 14.3. The minimum absolute atomic E-state index is 0.0289. The van der Waals surface area contributed by atoms with Crippen LogP contribution in [0.25, 0.3) is 0 Å². The number of anilines is 1. The van der Waals surface area contributed by atoms with Crippen LogP contribution in [0.2, 0.25) is 0 Å². The number of hydrogen-bond acceptors (Lipinski definition) is 6. The minimum Gasteiger partial charge on any atom is -0.497 e. The van der Waals surface area contributed by atoms with E-state index in [2.05, 4.69) is 27.2 Å². The van der Waals surface area contributed by atoms with Crippen LogP contribution in [0.4, 0.5) is 5.69 Å². The summed E-state index contributed by atoms with van der Waals surface area (Å²) in [4.78, 5) is 16.7. The molecule has 1 heterocycles. The van der Waals surface area contributed by atoms with Gasteiger partial charge in [-0.05, 0) is 48.5 Å². The molecule has 1 fully saturated rings. The van der Waals surface area contributed by atoms with E-state index < -0.39 is 0 Å². The molecule has 0 radical (unpaired) electrons. The summed E-state index contributed by atoms with van der Waals surface area (Å²) < 4.78 is 15.9. The van der Waals surface area contributed by atoms with E-state index in [1.807, 2.05) is 36.4 Å². The molecule has 7 heteroatoms. The number of nitrogens with one attached hydrogen (secondary N) is 1. The molecule has 1 aliphatic heterocycles. The topological polar surface area (TPSA) is 63.3 Å². The number of benzene rings is 2. The van der Waals surface area contributed by atoms with Gasteiger partial charge in [0.15, 0.2) is 0 Å². The standard InChI is InChI=1S/C22H29N3O4/c1-27-19-5-3-18(4-6-19)25-14-12-24(13-15-25)17-22(26)23-11-16-29-21-9-7-20(28-2)8-10-21/h3-10H,11-17H2,1-2H3,(H,23,26). The zero-order chi connectivity index (χ0) is 20.5. The molecule has 1 saturated heterocycles. The monoisotopic (exact) mass is 399 g/mol. The van der Waals surface area contributed by atoms with Crippen molar-refractivity contribution in [3.63, 3.8) is 0 Å². The van der Waals surface area contributed by atoms with Crippen molar-refractivity contribution >= 4 is 11.6 Å². The highest BCUT2D eigenvalue weighted by Gasteiger charge is 2.19. The maximum absolute atomic E-state index is 12.2. The van der Waals surface area contributed by atoms with Gasteiger partial charge >= 0.3 is 0 Å². The Bertz CT molecular complexity index is 757. The van der Waals surface area contributed by atoms with Crippen molar-refractivity contribution in [3.05, 3.63) is 48.5 Å². The van der Waals surface area contributed by atoms with Gasteiger partial charge in [-0.25, -0.2) is 0 Å². The molecule has 3 rings (SSSR count). The highest BCUT2D eigenvalue weighted by molar-refractivity contribution is 5.78. The summed E-state index contributed by atoms with van der Waals surface area (Å²) in [5, 5.41) is 2.92. The summed E-state index contributed by atoms with van der Waals surface area (Å²) in [6.45, 7) is 4.86. The Balaban J connectivity index is 1.31. The zero-order valence-corrected chi connectivity index (χ0v) is 17.1. The third-order valence-corrected chi connectivity index (χ3v) is 4.93. The molecular weight excluding hydrogens is 370 g/mol. The first kappa shape index (κ1) is 20.8. The summed E-state index contributed by atoms with van der Waals surface area (Å²) in [5.74, 6) is 2.44. The predicted molar refractivity (Wildman–Crippen MR) is 113 cm³/mol. The van der Waals surface area contributed by atoms with E-state index in [9.17, 15) is 4.79 Å². The Labute approximate surface area is 172 Å². The molecule has 7 nitrogen and oxygen atoms in total. The smallest absolute Gasteiger partial charge is 0.234 e. The lowest BCUT2D eigenvalue weighted by Gasteiger charge is -2.35. The Morgan fingerprint density at radius 2 is 1.41 bits per heavy atom. The number of rotatable bonds is 9. The maximum atomic E-state index is 12.2. The van der Waals surface area contributed by atoms with E-state index in [1.165, 1.54) is 5.69 Å². The number of piperazine rings is 1. The average molecular weight is 399 g/mol. The van der Waals surface area contributed by atoms with E-state index in [0.717, 1.165) is 43.4 Å².